The summed E-state index contributed by atoms with van der Waals surface area (Å²) in [5.74, 6) is 0.923. The van der Waals surface area contributed by atoms with Gasteiger partial charge in [-0.2, -0.15) is 0 Å². The molecule has 0 spiro atoms. The Morgan fingerprint density at radius 1 is 0.733 bits per heavy atom. The quantitative estimate of drug-likeness (QED) is 0.200. The number of benzene rings is 1. The molecule has 174 valence electrons. The number of hydrogen-bond donors (Lipinski definition) is 2. The van der Waals surface area contributed by atoms with E-state index < -0.39 is 0 Å². The number of unbranched alkanes of at least 4 members (excludes halogenated alkanes) is 15. The van der Waals surface area contributed by atoms with Crippen molar-refractivity contribution < 1.29 is 4.74 Å². The van der Waals surface area contributed by atoms with Gasteiger partial charge in [0, 0.05) is 6.54 Å². The van der Waals surface area contributed by atoms with Crippen LogP contribution in [0.2, 0.25) is 0 Å². The first kappa shape index (κ1) is 26.8. The average molecular weight is 419 g/mol. The van der Waals surface area contributed by atoms with Gasteiger partial charge in [0.15, 0.2) is 0 Å². The molecule has 0 saturated heterocycles. The fraction of sp³-hybridized carbons (Fsp3) is 0.778. The van der Waals surface area contributed by atoms with Crippen molar-refractivity contribution in [1.29, 1.82) is 0 Å². The molecule has 0 aliphatic rings. The Bertz CT molecular complexity index is 504. The van der Waals surface area contributed by atoms with E-state index >= 15 is 0 Å². The van der Waals surface area contributed by atoms with Gasteiger partial charge in [-0.05, 0) is 37.1 Å². The largest absolute Gasteiger partial charge is 0.495 e. The van der Waals surface area contributed by atoms with Crippen molar-refractivity contribution in [2.75, 3.05) is 25.5 Å². The Kier molecular flexibility index (Phi) is 17.6. The van der Waals surface area contributed by atoms with Gasteiger partial charge < -0.3 is 15.8 Å². The van der Waals surface area contributed by atoms with Crippen LogP contribution in [0, 0.1) is 0 Å². The summed E-state index contributed by atoms with van der Waals surface area (Å²) < 4.78 is 5.47. The van der Waals surface area contributed by atoms with Gasteiger partial charge in [0.1, 0.15) is 5.75 Å². The van der Waals surface area contributed by atoms with Gasteiger partial charge in [-0.1, -0.05) is 109 Å². The predicted octanol–water partition coefficient (Wildman–Crippen LogP) is 7.87. The predicted molar refractivity (Wildman–Crippen MR) is 134 cm³/mol. The molecule has 0 bridgehead atoms. The molecule has 0 atom stereocenters. The Morgan fingerprint density at radius 2 is 1.23 bits per heavy atom. The molecule has 0 amide bonds. The van der Waals surface area contributed by atoms with Crippen LogP contribution in [0.5, 0.6) is 5.75 Å². The first-order chi connectivity index (χ1) is 14.8. The van der Waals surface area contributed by atoms with Crippen LogP contribution < -0.4 is 15.8 Å². The van der Waals surface area contributed by atoms with Crippen LogP contribution in [0.15, 0.2) is 18.2 Å². The van der Waals surface area contributed by atoms with Crippen LogP contribution in [-0.4, -0.2) is 20.2 Å². The van der Waals surface area contributed by atoms with Crippen molar-refractivity contribution in [1.82, 2.24) is 0 Å². The number of hydrogen-bond acceptors (Lipinski definition) is 3. The number of rotatable bonds is 21. The van der Waals surface area contributed by atoms with Crippen molar-refractivity contribution >= 4 is 5.69 Å². The Morgan fingerprint density at radius 3 is 1.70 bits per heavy atom. The van der Waals surface area contributed by atoms with Crippen molar-refractivity contribution in [2.45, 2.75) is 116 Å². The lowest BCUT2D eigenvalue weighted by Gasteiger charge is -2.13. The van der Waals surface area contributed by atoms with Gasteiger partial charge in [-0.15, -0.1) is 0 Å². The third-order valence-corrected chi connectivity index (χ3v) is 6.04. The van der Waals surface area contributed by atoms with Crippen LogP contribution in [0.3, 0.4) is 0 Å². The summed E-state index contributed by atoms with van der Waals surface area (Å²) in [6.07, 6.45) is 23.5. The number of nitrogens with one attached hydrogen (secondary N) is 1. The number of nitrogens with two attached hydrogens (primary N) is 1. The molecule has 0 unspecified atom stereocenters. The normalized spacial score (nSPS) is 11.0. The van der Waals surface area contributed by atoms with E-state index in [0.29, 0.717) is 6.54 Å². The average Bonchev–Trinajstić information content (AvgIpc) is 2.76. The third-order valence-electron chi connectivity index (χ3n) is 6.04. The topological polar surface area (TPSA) is 47.3 Å². The van der Waals surface area contributed by atoms with Gasteiger partial charge in [0.05, 0.1) is 12.8 Å². The summed E-state index contributed by atoms with van der Waals surface area (Å²) in [6, 6.07) is 6.32. The molecule has 3 nitrogen and oxygen atoms in total. The summed E-state index contributed by atoms with van der Waals surface area (Å²) in [5, 5.41) is 3.55. The first-order valence-electron chi connectivity index (χ1n) is 12.9. The molecular formula is C27H50N2O. The molecule has 30 heavy (non-hydrogen) atoms. The van der Waals surface area contributed by atoms with E-state index in [0.717, 1.165) is 24.4 Å². The first-order valence-corrected chi connectivity index (χ1v) is 12.9. The van der Waals surface area contributed by atoms with E-state index in [1.807, 2.05) is 6.07 Å². The van der Waals surface area contributed by atoms with E-state index in [9.17, 15) is 0 Å². The number of ether oxygens (including phenoxy) is 1. The smallest absolute Gasteiger partial charge is 0.141 e. The zero-order chi connectivity index (χ0) is 21.7. The molecule has 3 heteroatoms. The maximum absolute atomic E-state index is 5.67. The lowest BCUT2D eigenvalue weighted by Crippen LogP contribution is -2.06. The minimum absolute atomic E-state index is 0.685. The van der Waals surface area contributed by atoms with Gasteiger partial charge in [0.2, 0.25) is 0 Å². The molecule has 1 aromatic carbocycles. The fourth-order valence-corrected chi connectivity index (χ4v) is 4.11. The van der Waals surface area contributed by atoms with Crippen LogP contribution in [0.25, 0.3) is 0 Å². The van der Waals surface area contributed by atoms with Crippen molar-refractivity contribution in [2.24, 2.45) is 5.73 Å². The molecule has 0 saturated carbocycles. The highest BCUT2D eigenvalue weighted by atomic mass is 16.5. The Balaban J connectivity index is 1.91. The molecule has 0 aliphatic heterocycles. The van der Waals surface area contributed by atoms with Crippen LogP contribution in [-0.2, 0) is 6.42 Å². The minimum atomic E-state index is 0.685. The van der Waals surface area contributed by atoms with Crippen LogP contribution in [0.4, 0.5) is 5.69 Å². The maximum atomic E-state index is 5.67. The van der Waals surface area contributed by atoms with Crippen molar-refractivity contribution in [3.8, 4) is 5.75 Å². The van der Waals surface area contributed by atoms with Gasteiger partial charge >= 0.3 is 0 Å². The summed E-state index contributed by atoms with van der Waals surface area (Å²) in [6.45, 7) is 3.99. The molecule has 0 heterocycles. The highest BCUT2D eigenvalue weighted by Crippen LogP contribution is 2.25. The van der Waals surface area contributed by atoms with E-state index in [2.05, 4.69) is 24.4 Å². The number of anilines is 1. The highest BCUT2D eigenvalue weighted by molar-refractivity contribution is 5.58. The monoisotopic (exact) mass is 418 g/mol. The fourth-order valence-electron chi connectivity index (χ4n) is 4.11. The summed E-state index contributed by atoms with van der Waals surface area (Å²) in [4.78, 5) is 0. The molecule has 0 aliphatic carbocycles. The Hall–Kier alpha value is -1.22. The lowest BCUT2D eigenvalue weighted by molar-refractivity contribution is 0.416. The molecule has 0 aromatic heterocycles. The van der Waals surface area contributed by atoms with Crippen molar-refractivity contribution in [3.63, 3.8) is 0 Å². The van der Waals surface area contributed by atoms with Crippen molar-refractivity contribution in [3.05, 3.63) is 23.8 Å². The Labute approximate surface area is 187 Å². The van der Waals surface area contributed by atoms with E-state index in [4.69, 9.17) is 10.5 Å². The molecule has 3 N–H and O–H groups in total. The SMILES string of the molecule is CCCCCCCCCCCCCCCCCCNc1cc(CCN)ccc1OC. The number of methoxy groups -OCH3 is 1. The summed E-state index contributed by atoms with van der Waals surface area (Å²) in [5.41, 5.74) is 8.05. The van der Waals surface area contributed by atoms with Gasteiger partial charge in [0.25, 0.3) is 0 Å². The minimum Gasteiger partial charge on any atom is -0.495 e. The highest BCUT2D eigenvalue weighted by Gasteiger charge is 2.04. The van der Waals surface area contributed by atoms with E-state index in [-0.39, 0.29) is 0 Å². The van der Waals surface area contributed by atoms with Crippen LogP contribution in [0.1, 0.15) is 115 Å². The maximum Gasteiger partial charge on any atom is 0.141 e. The van der Waals surface area contributed by atoms with Crippen LogP contribution >= 0.6 is 0 Å². The lowest BCUT2D eigenvalue weighted by atomic mass is 10.0. The standard InChI is InChI=1S/C27H50N2O/c1-3-4-5-6-7-8-9-10-11-12-13-14-15-16-17-18-23-29-26-24-25(21-22-28)19-20-27(26)30-2/h19-20,24,29H,3-18,21-23,28H2,1-2H3. The van der Waals surface area contributed by atoms with Gasteiger partial charge in [-0.25, -0.2) is 0 Å². The summed E-state index contributed by atoms with van der Waals surface area (Å²) >= 11 is 0. The second-order valence-electron chi connectivity index (χ2n) is 8.80. The third kappa shape index (κ3) is 13.9. The van der Waals surface area contributed by atoms with E-state index in [1.54, 1.807) is 7.11 Å². The zero-order valence-electron chi connectivity index (χ0n) is 20.2. The molecular weight excluding hydrogens is 368 g/mol. The molecule has 0 radical (unpaired) electrons. The van der Waals surface area contributed by atoms with E-state index in [1.165, 1.54) is 108 Å². The molecule has 1 rings (SSSR count). The zero-order valence-corrected chi connectivity index (χ0v) is 20.2. The molecule has 0 fully saturated rings. The second kappa shape index (κ2) is 19.7. The summed E-state index contributed by atoms with van der Waals surface area (Å²) in [7, 11) is 1.73. The molecule has 1 aromatic rings. The van der Waals surface area contributed by atoms with Gasteiger partial charge in [-0.3, -0.25) is 0 Å². The second-order valence-corrected chi connectivity index (χ2v) is 8.80.